The van der Waals surface area contributed by atoms with E-state index in [1.165, 1.54) is 6.20 Å². The molecule has 1 aromatic heterocycles. The van der Waals surface area contributed by atoms with E-state index in [2.05, 4.69) is 4.98 Å². The molecule has 152 valence electrons. The third kappa shape index (κ3) is 5.28. The topological polar surface area (TPSA) is 74.0 Å². The van der Waals surface area contributed by atoms with Gasteiger partial charge in [0.25, 0.3) is 6.01 Å². The molecule has 29 heavy (non-hydrogen) atoms. The highest BCUT2D eigenvalue weighted by atomic mass is 16.5. The minimum atomic E-state index is -0.533. The molecule has 2 aromatic carbocycles. The second kappa shape index (κ2) is 9.64. The quantitative estimate of drug-likeness (QED) is 0.505. The number of ether oxygens (including phenoxy) is 3. The van der Waals surface area contributed by atoms with Crippen LogP contribution in [0.2, 0.25) is 0 Å². The number of carbonyl (C=O) groups is 1. The van der Waals surface area contributed by atoms with Crippen molar-refractivity contribution in [2.75, 3.05) is 25.7 Å². The number of benzene rings is 2. The predicted molar refractivity (Wildman–Crippen MR) is 108 cm³/mol. The van der Waals surface area contributed by atoms with E-state index in [1.54, 1.807) is 21.1 Å². The summed E-state index contributed by atoms with van der Waals surface area (Å²) < 4.78 is 21.3. The predicted octanol–water partition coefficient (Wildman–Crippen LogP) is 4.08. The zero-order chi connectivity index (χ0) is 20.6. The van der Waals surface area contributed by atoms with Gasteiger partial charge < -0.3 is 23.5 Å². The fraction of sp³-hybridized carbons (Fsp3) is 0.273. The Hall–Kier alpha value is -3.48. The van der Waals surface area contributed by atoms with Crippen LogP contribution in [0.15, 0.2) is 59.1 Å². The van der Waals surface area contributed by atoms with E-state index in [9.17, 15) is 4.79 Å². The maximum atomic E-state index is 12.0. The van der Waals surface area contributed by atoms with Gasteiger partial charge in [-0.15, -0.1) is 0 Å². The number of anilines is 1. The van der Waals surface area contributed by atoms with Gasteiger partial charge in [0.15, 0.2) is 0 Å². The van der Waals surface area contributed by atoms with E-state index in [0.717, 1.165) is 22.6 Å². The van der Waals surface area contributed by atoms with Crippen LogP contribution in [0.25, 0.3) is 0 Å². The molecular weight excluding hydrogens is 372 g/mol. The molecule has 1 heterocycles. The number of carbonyl (C=O) groups excluding carboxylic acids is 1. The van der Waals surface area contributed by atoms with E-state index in [1.807, 2.05) is 53.4 Å². The average Bonchev–Trinajstić information content (AvgIpc) is 3.24. The van der Waals surface area contributed by atoms with Crippen molar-refractivity contribution < 1.29 is 23.4 Å². The van der Waals surface area contributed by atoms with Gasteiger partial charge in [0.05, 0.1) is 27.0 Å². The smallest absolute Gasteiger partial charge is 0.376 e. The van der Waals surface area contributed by atoms with Gasteiger partial charge in [-0.3, -0.25) is 0 Å². The molecular formula is C22H24N2O5. The van der Waals surface area contributed by atoms with Gasteiger partial charge in [-0.05, 0) is 42.3 Å². The van der Waals surface area contributed by atoms with Crippen molar-refractivity contribution in [2.45, 2.75) is 20.0 Å². The van der Waals surface area contributed by atoms with Crippen LogP contribution in [-0.4, -0.2) is 31.8 Å². The van der Waals surface area contributed by atoms with Crippen LogP contribution < -0.4 is 14.4 Å². The summed E-state index contributed by atoms with van der Waals surface area (Å²) in [6.07, 6.45) is 1.39. The molecule has 0 radical (unpaired) electrons. The highest BCUT2D eigenvalue weighted by Gasteiger charge is 2.19. The van der Waals surface area contributed by atoms with Gasteiger partial charge in [-0.2, -0.15) is 0 Å². The lowest BCUT2D eigenvalue weighted by atomic mass is 10.1. The minimum Gasteiger partial charge on any atom is -0.497 e. The van der Waals surface area contributed by atoms with Gasteiger partial charge in [0.1, 0.15) is 11.5 Å². The fourth-order valence-corrected chi connectivity index (χ4v) is 2.88. The zero-order valence-electron chi connectivity index (χ0n) is 16.8. The Balaban J connectivity index is 1.89. The number of rotatable bonds is 9. The summed E-state index contributed by atoms with van der Waals surface area (Å²) in [5, 5.41) is 0. The van der Waals surface area contributed by atoms with E-state index < -0.39 is 5.97 Å². The molecule has 3 aromatic rings. The van der Waals surface area contributed by atoms with Gasteiger partial charge in [0.2, 0.25) is 5.76 Å². The normalized spacial score (nSPS) is 10.4. The number of methoxy groups -OCH3 is 2. The number of nitrogens with zero attached hydrogens (tertiary/aromatic N) is 2. The van der Waals surface area contributed by atoms with Crippen LogP contribution in [0.1, 0.15) is 28.6 Å². The SMILES string of the molecule is CCOC(=O)c1cnc(N(Cc2cccc(OC)c2)Cc2cccc(OC)c2)o1. The molecule has 0 unspecified atom stereocenters. The molecule has 0 saturated carbocycles. The third-order valence-corrected chi connectivity index (χ3v) is 4.26. The fourth-order valence-electron chi connectivity index (χ4n) is 2.88. The zero-order valence-corrected chi connectivity index (χ0v) is 16.8. The Labute approximate surface area is 169 Å². The van der Waals surface area contributed by atoms with Crippen molar-refractivity contribution in [1.29, 1.82) is 0 Å². The van der Waals surface area contributed by atoms with Crippen molar-refractivity contribution in [3.8, 4) is 11.5 Å². The molecule has 0 amide bonds. The largest absolute Gasteiger partial charge is 0.497 e. The molecule has 0 N–H and O–H groups in total. The monoisotopic (exact) mass is 396 g/mol. The molecule has 0 aliphatic rings. The van der Waals surface area contributed by atoms with E-state index in [-0.39, 0.29) is 12.4 Å². The number of esters is 1. The summed E-state index contributed by atoms with van der Waals surface area (Å²) in [6.45, 7) is 3.04. The first kappa shape index (κ1) is 20.3. The molecule has 0 aliphatic heterocycles. The molecule has 7 nitrogen and oxygen atoms in total. The van der Waals surface area contributed by atoms with Crippen molar-refractivity contribution in [2.24, 2.45) is 0 Å². The van der Waals surface area contributed by atoms with Crippen LogP contribution in [-0.2, 0) is 17.8 Å². The number of hydrogen-bond donors (Lipinski definition) is 0. The molecule has 0 bridgehead atoms. The molecule has 0 spiro atoms. The number of hydrogen-bond acceptors (Lipinski definition) is 7. The minimum absolute atomic E-state index is 0.0723. The van der Waals surface area contributed by atoms with Crippen LogP contribution >= 0.6 is 0 Å². The van der Waals surface area contributed by atoms with Crippen LogP contribution in [0.3, 0.4) is 0 Å². The maximum Gasteiger partial charge on any atom is 0.376 e. The Morgan fingerprint density at radius 1 is 1.00 bits per heavy atom. The highest BCUT2D eigenvalue weighted by Crippen LogP contribution is 2.23. The van der Waals surface area contributed by atoms with Gasteiger partial charge in [0, 0.05) is 13.1 Å². The second-order valence-electron chi connectivity index (χ2n) is 6.29. The lowest BCUT2D eigenvalue weighted by Gasteiger charge is -2.21. The van der Waals surface area contributed by atoms with Crippen molar-refractivity contribution in [1.82, 2.24) is 4.98 Å². The third-order valence-electron chi connectivity index (χ3n) is 4.26. The Morgan fingerprint density at radius 2 is 1.59 bits per heavy atom. The molecule has 0 aliphatic carbocycles. The lowest BCUT2D eigenvalue weighted by Crippen LogP contribution is -2.22. The summed E-state index contributed by atoms with van der Waals surface area (Å²) in [6, 6.07) is 15.9. The summed E-state index contributed by atoms with van der Waals surface area (Å²) >= 11 is 0. The average molecular weight is 396 g/mol. The summed E-state index contributed by atoms with van der Waals surface area (Å²) in [4.78, 5) is 18.2. The van der Waals surface area contributed by atoms with Gasteiger partial charge in [-0.25, -0.2) is 9.78 Å². The second-order valence-corrected chi connectivity index (χ2v) is 6.29. The first-order chi connectivity index (χ1) is 14.1. The van der Waals surface area contributed by atoms with E-state index in [4.69, 9.17) is 18.6 Å². The Kier molecular flexibility index (Phi) is 6.73. The first-order valence-corrected chi connectivity index (χ1v) is 9.26. The molecule has 0 atom stereocenters. The lowest BCUT2D eigenvalue weighted by molar-refractivity contribution is 0.0490. The summed E-state index contributed by atoms with van der Waals surface area (Å²) in [5.41, 5.74) is 2.03. The summed E-state index contributed by atoms with van der Waals surface area (Å²) in [5.74, 6) is 1.07. The van der Waals surface area contributed by atoms with Crippen molar-refractivity contribution in [3.63, 3.8) is 0 Å². The molecule has 3 rings (SSSR count). The Morgan fingerprint density at radius 3 is 2.10 bits per heavy atom. The molecule has 0 saturated heterocycles. The highest BCUT2D eigenvalue weighted by molar-refractivity contribution is 5.86. The molecule has 7 heteroatoms. The van der Waals surface area contributed by atoms with E-state index in [0.29, 0.717) is 19.1 Å². The van der Waals surface area contributed by atoms with Crippen molar-refractivity contribution >= 4 is 12.0 Å². The Bertz CT molecular complexity index is 904. The molecule has 0 fully saturated rings. The van der Waals surface area contributed by atoms with Crippen LogP contribution in [0.5, 0.6) is 11.5 Å². The maximum absolute atomic E-state index is 12.0. The summed E-state index contributed by atoms with van der Waals surface area (Å²) in [7, 11) is 3.26. The van der Waals surface area contributed by atoms with E-state index >= 15 is 0 Å². The van der Waals surface area contributed by atoms with Gasteiger partial charge >= 0.3 is 5.97 Å². The number of oxazole rings is 1. The van der Waals surface area contributed by atoms with Gasteiger partial charge in [-0.1, -0.05) is 24.3 Å². The number of aromatic nitrogens is 1. The first-order valence-electron chi connectivity index (χ1n) is 9.26. The standard InChI is InChI=1S/C22H24N2O5/c1-4-28-21(25)20-13-23-22(29-20)24(14-16-7-5-9-18(11-16)26-2)15-17-8-6-10-19(12-17)27-3/h5-13H,4,14-15H2,1-3H3. The van der Waals surface area contributed by atoms with Crippen LogP contribution in [0, 0.1) is 0 Å². The van der Waals surface area contributed by atoms with Crippen molar-refractivity contribution in [3.05, 3.63) is 71.6 Å². The van der Waals surface area contributed by atoms with Crippen LogP contribution in [0.4, 0.5) is 6.01 Å².